The molecular weight excluding hydrogens is 256 g/mol. The summed E-state index contributed by atoms with van der Waals surface area (Å²) >= 11 is 0. The number of nitrogens with two attached hydrogens (primary N) is 1. The van der Waals surface area contributed by atoms with Gasteiger partial charge in [0.2, 0.25) is 5.78 Å². The van der Waals surface area contributed by atoms with Gasteiger partial charge in [0.1, 0.15) is 11.5 Å². The highest BCUT2D eigenvalue weighted by Gasteiger charge is 2.22. The SMILES string of the molecule is CN(C)c1cc(N)cc(O)c1C(=O)c1ccccc1O. The van der Waals surface area contributed by atoms with E-state index < -0.39 is 5.78 Å². The number of carbonyl (C=O) groups excluding carboxylic acids is 1. The van der Waals surface area contributed by atoms with E-state index in [1.807, 2.05) is 0 Å². The number of hydrogen-bond acceptors (Lipinski definition) is 5. The number of carbonyl (C=O) groups is 1. The van der Waals surface area contributed by atoms with E-state index in [0.717, 1.165) is 0 Å². The zero-order valence-electron chi connectivity index (χ0n) is 11.3. The van der Waals surface area contributed by atoms with Crippen LogP contribution in [0.3, 0.4) is 0 Å². The second-order valence-electron chi connectivity index (χ2n) is 4.67. The summed E-state index contributed by atoms with van der Waals surface area (Å²) in [6.07, 6.45) is 0. The Morgan fingerprint density at radius 3 is 2.35 bits per heavy atom. The van der Waals surface area contributed by atoms with E-state index in [9.17, 15) is 15.0 Å². The number of phenolic OH excluding ortho intramolecular Hbond substituents is 2. The summed E-state index contributed by atoms with van der Waals surface area (Å²) < 4.78 is 0. The Bertz CT molecular complexity index is 666. The van der Waals surface area contributed by atoms with Crippen LogP contribution in [0, 0.1) is 0 Å². The van der Waals surface area contributed by atoms with Crippen molar-refractivity contribution in [2.24, 2.45) is 0 Å². The highest BCUT2D eigenvalue weighted by Crippen LogP contribution is 2.34. The van der Waals surface area contributed by atoms with Crippen molar-refractivity contribution in [2.45, 2.75) is 0 Å². The van der Waals surface area contributed by atoms with Gasteiger partial charge in [-0.15, -0.1) is 0 Å². The van der Waals surface area contributed by atoms with Crippen LogP contribution < -0.4 is 10.6 Å². The summed E-state index contributed by atoms with van der Waals surface area (Å²) in [5.74, 6) is -0.787. The maximum Gasteiger partial charge on any atom is 0.202 e. The van der Waals surface area contributed by atoms with E-state index in [1.165, 1.54) is 18.2 Å². The highest BCUT2D eigenvalue weighted by atomic mass is 16.3. The lowest BCUT2D eigenvalue weighted by molar-refractivity contribution is 0.103. The zero-order chi connectivity index (χ0) is 14.9. The first-order valence-corrected chi connectivity index (χ1v) is 6.04. The fourth-order valence-electron chi connectivity index (χ4n) is 2.02. The molecule has 0 heterocycles. The lowest BCUT2D eigenvalue weighted by Crippen LogP contribution is -2.15. The first-order chi connectivity index (χ1) is 9.41. The molecule has 20 heavy (non-hydrogen) atoms. The second-order valence-corrected chi connectivity index (χ2v) is 4.67. The van der Waals surface area contributed by atoms with Crippen LogP contribution in [0.5, 0.6) is 11.5 Å². The second kappa shape index (κ2) is 5.13. The number of aromatic hydroxyl groups is 2. The first-order valence-electron chi connectivity index (χ1n) is 6.04. The molecule has 2 aromatic rings. The summed E-state index contributed by atoms with van der Waals surface area (Å²) in [5, 5.41) is 19.8. The molecule has 0 amide bonds. The lowest BCUT2D eigenvalue weighted by Gasteiger charge is -2.19. The van der Waals surface area contributed by atoms with Gasteiger partial charge in [-0.2, -0.15) is 0 Å². The Morgan fingerprint density at radius 1 is 1.10 bits per heavy atom. The monoisotopic (exact) mass is 272 g/mol. The van der Waals surface area contributed by atoms with Crippen LogP contribution in [0.4, 0.5) is 11.4 Å². The topological polar surface area (TPSA) is 86.8 Å². The summed E-state index contributed by atoms with van der Waals surface area (Å²) in [7, 11) is 3.49. The van der Waals surface area contributed by atoms with Crippen LogP contribution in [-0.2, 0) is 0 Å². The molecule has 0 saturated carbocycles. The van der Waals surface area contributed by atoms with E-state index in [4.69, 9.17) is 5.73 Å². The smallest absolute Gasteiger partial charge is 0.202 e. The third-order valence-electron chi connectivity index (χ3n) is 2.98. The van der Waals surface area contributed by atoms with Crippen LogP contribution in [0.25, 0.3) is 0 Å². The molecule has 0 bridgehead atoms. The van der Waals surface area contributed by atoms with Crippen LogP contribution in [0.2, 0.25) is 0 Å². The van der Waals surface area contributed by atoms with Crippen LogP contribution >= 0.6 is 0 Å². The van der Waals surface area contributed by atoms with Gasteiger partial charge in [0.05, 0.1) is 16.8 Å². The molecule has 0 unspecified atom stereocenters. The average molecular weight is 272 g/mol. The van der Waals surface area contributed by atoms with Crippen molar-refractivity contribution in [3.8, 4) is 11.5 Å². The normalized spacial score (nSPS) is 10.3. The predicted octanol–water partition coefficient (Wildman–Crippen LogP) is 1.98. The molecule has 5 heteroatoms. The van der Waals surface area contributed by atoms with Gasteiger partial charge >= 0.3 is 0 Å². The minimum Gasteiger partial charge on any atom is -0.507 e. The van der Waals surface area contributed by atoms with Crippen LogP contribution in [0.1, 0.15) is 15.9 Å². The molecule has 0 fully saturated rings. The molecule has 0 atom stereocenters. The highest BCUT2D eigenvalue weighted by molar-refractivity contribution is 6.15. The van der Waals surface area contributed by atoms with Gasteiger partial charge in [-0.3, -0.25) is 4.79 Å². The fraction of sp³-hybridized carbons (Fsp3) is 0.133. The standard InChI is InChI=1S/C15H16N2O3/c1-17(2)11-7-9(16)8-13(19)14(11)15(20)10-5-3-4-6-12(10)18/h3-8,18-19H,16H2,1-2H3. The number of hydrogen-bond donors (Lipinski definition) is 3. The van der Waals surface area contributed by atoms with Gasteiger partial charge in [-0.05, 0) is 18.2 Å². The number of ketones is 1. The number of phenols is 2. The Labute approximate surface area is 116 Å². The molecule has 0 aliphatic carbocycles. The molecule has 0 saturated heterocycles. The largest absolute Gasteiger partial charge is 0.507 e. The van der Waals surface area contributed by atoms with Crippen molar-refractivity contribution in [1.82, 2.24) is 0 Å². The van der Waals surface area contributed by atoms with Crippen molar-refractivity contribution < 1.29 is 15.0 Å². The first kappa shape index (κ1) is 13.7. The van der Waals surface area contributed by atoms with Gasteiger partial charge in [-0.25, -0.2) is 0 Å². The van der Waals surface area contributed by atoms with E-state index in [2.05, 4.69) is 0 Å². The van der Waals surface area contributed by atoms with Gasteiger partial charge in [0.15, 0.2) is 0 Å². The van der Waals surface area contributed by atoms with Gasteiger partial charge in [-0.1, -0.05) is 12.1 Å². The fourth-order valence-corrected chi connectivity index (χ4v) is 2.02. The van der Waals surface area contributed by atoms with E-state index in [-0.39, 0.29) is 22.6 Å². The molecule has 104 valence electrons. The number of anilines is 2. The van der Waals surface area contributed by atoms with Crippen molar-refractivity contribution in [1.29, 1.82) is 0 Å². The Kier molecular flexibility index (Phi) is 3.52. The van der Waals surface area contributed by atoms with Crippen LogP contribution in [0.15, 0.2) is 36.4 Å². The molecule has 4 N–H and O–H groups in total. The van der Waals surface area contributed by atoms with E-state index in [0.29, 0.717) is 11.4 Å². The maximum absolute atomic E-state index is 12.5. The van der Waals surface area contributed by atoms with Crippen molar-refractivity contribution in [2.75, 3.05) is 24.7 Å². The van der Waals surface area contributed by atoms with E-state index in [1.54, 1.807) is 37.2 Å². The van der Waals surface area contributed by atoms with Gasteiger partial charge < -0.3 is 20.8 Å². The molecule has 0 aromatic heterocycles. The quantitative estimate of drug-likeness (QED) is 0.587. The van der Waals surface area contributed by atoms with Crippen molar-refractivity contribution in [3.63, 3.8) is 0 Å². The Hall–Kier alpha value is -2.69. The van der Waals surface area contributed by atoms with Crippen LogP contribution in [-0.4, -0.2) is 30.1 Å². The molecular formula is C15H16N2O3. The minimum absolute atomic E-state index is 0.116. The number of nitrogen functional groups attached to an aromatic ring is 1. The third-order valence-corrected chi connectivity index (χ3v) is 2.98. The predicted molar refractivity (Wildman–Crippen MR) is 78.4 cm³/mol. The summed E-state index contributed by atoms with van der Waals surface area (Å²) in [5.41, 5.74) is 6.80. The van der Waals surface area contributed by atoms with Gasteiger partial charge in [0.25, 0.3) is 0 Å². The zero-order valence-corrected chi connectivity index (χ0v) is 11.3. The maximum atomic E-state index is 12.5. The average Bonchev–Trinajstić information content (AvgIpc) is 2.37. The van der Waals surface area contributed by atoms with Crippen molar-refractivity contribution in [3.05, 3.63) is 47.5 Å². The number of nitrogens with zero attached hydrogens (tertiary/aromatic N) is 1. The summed E-state index contributed by atoms with van der Waals surface area (Å²) in [6, 6.07) is 9.13. The lowest BCUT2D eigenvalue weighted by atomic mass is 9.99. The Morgan fingerprint density at radius 2 is 1.75 bits per heavy atom. The number of rotatable bonds is 3. The number of para-hydroxylation sites is 1. The van der Waals surface area contributed by atoms with E-state index >= 15 is 0 Å². The van der Waals surface area contributed by atoms with Gasteiger partial charge in [0, 0.05) is 25.8 Å². The minimum atomic E-state index is -0.454. The molecule has 0 spiro atoms. The molecule has 0 radical (unpaired) electrons. The number of benzene rings is 2. The molecule has 2 aromatic carbocycles. The summed E-state index contributed by atoms with van der Waals surface area (Å²) in [6.45, 7) is 0. The molecule has 0 aliphatic rings. The third kappa shape index (κ3) is 2.38. The van der Waals surface area contributed by atoms with Crippen molar-refractivity contribution >= 4 is 17.2 Å². The molecule has 0 aliphatic heterocycles. The summed E-state index contributed by atoms with van der Waals surface area (Å²) in [4.78, 5) is 14.2. The Balaban J connectivity index is 2.64. The molecule has 5 nitrogen and oxygen atoms in total. The molecule has 2 rings (SSSR count).